The Morgan fingerprint density at radius 2 is 1.95 bits per heavy atom. The van der Waals surface area contributed by atoms with Crippen molar-refractivity contribution in [3.8, 4) is 34.5 Å². The number of nitrogens with zero attached hydrogens (tertiary/aromatic N) is 3. The Kier molecular flexibility index (Phi) is 2.72. The fourth-order valence-corrected chi connectivity index (χ4v) is 1.70. The number of anilines is 1. The molecule has 0 aliphatic carbocycles. The molecule has 3 rings (SSSR count). The molecule has 0 spiro atoms. The van der Waals surface area contributed by atoms with Crippen LogP contribution in [0.15, 0.2) is 41.1 Å². The minimum Gasteiger partial charge on any atom is -0.504 e. The number of hydrogen-bond donors (Lipinski definition) is 3. The molecule has 3 aromatic rings. The van der Waals surface area contributed by atoms with Gasteiger partial charge in [0.1, 0.15) is 0 Å². The normalized spacial score (nSPS) is 10.6. The van der Waals surface area contributed by atoms with Crippen LogP contribution in [-0.4, -0.2) is 25.3 Å². The second-order valence-electron chi connectivity index (χ2n) is 4.07. The van der Waals surface area contributed by atoms with Gasteiger partial charge in [0.05, 0.1) is 5.69 Å². The maximum atomic E-state index is 9.46. The number of hydrogen-bond acceptors (Lipinski definition) is 7. The Bertz CT molecular complexity index is 770. The van der Waals surface area contributed by atoms with E-state index in [1.165, 1.54) is 12.1 Å². The van der Waals surface area contributed by atoms with Crippen molar-refractivity contribution >= 4 is 5.69 Å². The van der Waals surface area contributed by atoms with Gasteiger partial charge >= 0.3 is 0 Å². The maximum Gasteiger partial charge on any atom is 0.278 e. The zero-order chi connectivity index (χ0) is 14.1. The molecule has 0 bridgehead atoms. The van der Waals surface area contributed by atoms with Gasteiger partial charge < -0.3 is 20.5 Å². The number of pyridine rings is 1. The number of benzene rings is 1. The lowest BCUT2D eigenvalue weighted by molar-refractivity contribution is 0.404. The minimum absolute atomic E-state index is 0.186. The summed E-state index contributed by atoms with van der Waals surface area (Å²) in [4.78, 5) is 8.25. The molecule has 0 aliphatic heterocycles. The summed E-state index contributed by atoms with van der Waals surface area (Å²) in [5.41, 5.74) is 7.11. The van der Waals surface area contributed by atoms with Crippen LogP contribution in [0.3, 0.4) is 0 Å². The van der Waals surface area contributed by atoms with Gasteiger partial charge in [-0.25, -0.2) is 4.98 Å². The third kappa shape index (κ3) is 2.01. The summed E-state index contributed by atoms with van der Waals surface area (Å²) >= 11 is 0. The van der Waals surface area contributed by atoms with E-state index in [4.69, 9.17) is 10.3 Å². The first kappa shape index (κ1) is 12.0. The summed E-state index contributed by atoms with van der Waals surface area (Å²) in [7, 11) is 0. The highest BCUT2D eigenvalue weighted by Crippen LogP contribution is 2.30. The van der Waals surface area contributed by atoms with Gasteiger partial charge in [-0.15, -0.1) is 0 Å². The van der Waals surface area contributed by atoms with Gasteiger partial charge in [0.15, 0.2) is 17.2 Å². The van der Waals surface area contributed by atoms with E-state index in [9.17, 15) is 10.2 Å². The van der Waals surface area contributed by atoms with Crippen LogP contribution in [0.5, 0.6) is 11.5 Å². The van der Waals surface area contributed by atoms with Gasteiger partial charge in [-0.3, -0.25) is 0 Å². The molecule has 0 atom stereocenters. The van der Waals surface area contributed by atoms with Crippen molar-refractivity contribution in [2.45, 2.75) is 0 Å². The lowest BCUT2D eigenvalue weighted by Crippen LogP contribution is -1.92. The molecule has 2 aromatic heterocycles. The van der Waals surface area contributed by atoms with Gasteiger partial charge in [-0.2, -0.15) is 4.98 Å². The average molecular weight is 270 g/mol. The monoisotopic (exact) mass is 270 g/mol. The first-order valence-corrected chi connectivity index (χ1v) is 5.72. The van der Waals surface area contributed by atoms with Crippen molar-refractivity contribution < 1.29 is 14.7 Å². The largest absolute Gasteiger partial charge is 0.504 e. The number of rotatable bonds is 2. The molecule has 7 heteroatoms. The summed E-state index contributed by atoms with van der Waals surface area (Å²) in [6, 6.07) is 7.62. The lowest BCUT2D eigenvalue weighted by atomic mass is 10.2. The Balaban J connectivity index is 2.02. The SMILES string of the molecule is Nc1cccnc1-c1nc(-c2ccc(O)c(O)c2)no1. The van der Waals surface area contributed by atoms with Crippen molar-refractivity contribution in [1.82, 2.24) is 15.1 Å². The minimum atomic E-state index is -0.258. The second-order valence-corrected chi connectivity index (χ2v) is 4.07. The van der Waals surface area contributed by atoms with E-state index in [-0.39, 0.29) is 23.2 Å². The Hall–Kier alpha value is -3.09. The average Bonchev–Trinajstić information content (AvgIpc) is 2.92. The van der Waals surface area contributed by atoms with E-state index >= 15 is 0 Å². The molecule has 0 radical (unpaired) electrons. The summed E-state index contributed by atoms with van der Waals surface area (Å²) in [5.74, 6) is -0.0244. The molecule has 4 N–H and O–H groups in total. The Morgan fingerprint density at radius 3 is 2.70 bits per heavy atom. The maximum absolute atomic E-state index is 9.46. The molecular weight excluding hydrogens is 260 g/mol. The number of aromatic nitrogens is 3. The van der Waals surface area contributed by atoms with Gasteiger partial charge in [0, 0.05) is 11.8 Å². The van der Waals surface area contributed by atoms with Crippen LogP contribution in [0.4, 0.5) is 5.69 Å². The van der Waals surface area contributed by atoms with Gasteiger partial charge in [0.25, 0.3) is 5.89 Å². The highest BCUT2D eigenvalue weighted by Gasteiger charge is 2.14. The molecular formula is C13H10N4O3. The second kappa shape index (κ2) is 4.54. The molecule has 7 nitrogen and oxygen atoms in total. The smallest absolute Gasteiger partial charge is 0.278 e. The van der Waals surface area contributed by atoms with Gasteiger partial charge in [0.2, 0.25) is 5.82 Å². The molecule has 0 aliphatic rings. The first-order chi connectivity index (χ1) is 9.65. The van der Waals surface area contributed by atoms with Crippen molar-refractivity contribution in [2.75, 3.05) is 5.73 Å². The van der Waals surface area contributed by atoms with Crippen LogP contribution in [0.2, 0.25) is 0 Å². The van der Waals surface area contributed by atoms with Crippen LogP contribution >= 0.6 is 0 Å². The van der Waals surface area contributed by atoms with Gasteiger partial charge in [-0.1, -0.05) is 5.16 Å². The van der Waals surface area contributed by atoms with Crippen molar-refractivity contribution in [3.05, 3.63) is 36.5 Å². The quantitative estimate of drug-likeness (QED) is 0.607. The Labute approximate surface area is 113 Å². The molecule has 0 unspecified atom stereocenters. The lowest BCUT2D eigenvalue weighted by Gasteiger charge is -1.98. The first-order valence-electron chi connectivity index (χ1n) is 5.72. The molecule has 1 aromatic carbocycles. The molecule has 2 heterocycles. The highest BCUT2D eigenvalue weighted by molar-refractivity contribution is 5.68. The zero-order valence-corrected chi connectivity index (χ0v) is 10.2. The molecule has 20 heavy (non-hydrogen) atoms. The number of aromatic hydroxyl groups is 2. The summed E-state index contributed by atoms with van der Waals surface area (Å²) in [5, 5.41) is 22.5. The molecule has 0 saturated carbocycles. The summed E-state index contributed by atoms with van der Waals surface area (Å²) < 4.78 is 5.11. The van der Waals surface area contributed by atoms with E-state index in [1.54, 1.807) is 24.4 Å². The zero-order valence-electron chi connectivity index (χ0n) is 10.2. The van der Waals surface area contributed by atoms with Crippen molar-refractivity contribution in [2.24, 2.45) is 0 Å². The van der Waals surface area contributed by atoms with Crippen LogP contribution in [0.1, 0.15) is 0 Å². The molecule has 0 saturated heterocycles. The van der Waals surface area contributed by atoms with E-state index < -0.39 is 0 Å². The predicted molar refractivity (Wildman–Crippen MR) is 70.7 cm³/mol. The fourth-order valence-electron chi connectivity index (χ4n) is 1.70. The molecule has 0 amide bonds. The highest BCUT2D eigenvalue weighted by atomic mass is 16.5. The molecule has 0 fully saturated rings. The van der Waals surface area contributed by atoms with E-state index in [2.05, 4.69) is 15.1 Å². The summed E-state index contributed by atoms with van der Waals surface area (Å²) in [6.45, 7) is 0. The molecule has 100 valence electrons. The topological polar surface area (TPSA) is 118 Å². The predicted octanol–water partition coefficient (Wildman–Crippen LogP) is 1.79. The van der Waals surface area contributed by atoms with E-state index in [0.717, 1.165) is 0 Å². The van der Waals surface area contributed by atoms with Crippen molar-refractivity contribution in [1.29, 1.82) is 0 Å². The fraction of sp³-hybridized carbons (Fsp3) is 0. The van der Waals surface area contributed by atoms with Crippen LogP contribution < -0.4 is 5.73 Å². The van der Waals surface area contributed by atoms with Crippen LogP contribution in [0.25, 0.3) is 23.0 Å². The number of phenolic OH excluding ortho intramolecular Hbond substituents is 2. The van der Waals surface area contributed by atoms with Crippen LogP contribution in [0, 0.1) is 0 Å². The van der Waals surface area contributed by atoms with E-state index in [1.807, 2.05) is 0 Å². The third-order valence-corrected chi connectivity index (χ3v) is 2.70. The Morgan fingerprint density at radius 1 is 1.10 bits per heavy atom. The van der Waals surface area contributed by atoms with Crippen LogP contribution in [-0.2, 0) is 0 Å². The van der Waals surface area contributed by atoms with Crippen molar-refractivity contribution in [3.63, 3.8) is 0 Å². The number of nitrogens with two attached hydrogens (primary N) is 1. The third-order valence-electron chi connectivity index (χ3n) is 2.70. The van der Waals surface area contributed by atoms with Gasteiger partial charge in [-0.05, 0) is 30.3 Å². The number of nitrogen functional groups attached to an aromatic ring is 1. The summed E-state index contributed by atoms with van der Waals surface area (Å²) in [6.07, 6.45) is 1.57. The number of phenols is 2. The standard InChI is InChI=1S/C13H10N4O3/c14-8-2-1-5-15-11(8)13-16-12(17-20-13)7-3-4-9(18)10(19)6-7/h1-6,18-19H,14H2. The van der Waals surface area contributed by atoms with E-state index in [0.29, 0.717) is 16.9 Å².